The Morgan fingerprint density at radius 3 is 1.91 bits per heavy atom. The summed E-state index contributed by atoms with van der Waals surface area (Å²) in [4.78, 5) is 139. The number of nitrogens with one attached hydrogen (secondary N) is 10. The minimum Gasteiger partial charge on any atom is -0.507 e. The summed E-state index contributed by atoms with van der Waals surface area (Å²) < 4.78 is 51.4. The van der Waals surface area contributed by atoms with E-state index in [0.29, 0.717) is 13.1 Å². The first-order valence-corrected chi connectivity index (χ1v) is 42.4. The molecule has 42 heteroatoms. The number of fused-ring (bicyclic) bond motifs is 15. The summed E-state index contributed by atoms with van der Waals surface area (Å²) in [6, 6.07) is -1.72. The van der Waals surface area contributed by atoms with Crippen LogP contribution in [0.5, 0.6) is 46.0 Å². The third kappa shape index (κ3) is 22.7. The molecule has 7 aliphatic rings. The Hall–Kier alpha value is -9.17. The second-order valence-corrected chi connectivity index (χ2v) is 34.1. The second-order valence-electron chi connectivity index (χ2n) is 31.6. The van der Waals surface area contributed by atoms with Crippen LogP contribution in [0, 0.1) is 5.92 Å². The number of aromatic hydroxyl groups is 3. The number of phenolic OH excluding ortho intramolecular Hbond substituents is 3. The van der Waals surface area contributed by atoms with Crippen molar-refractivity contribution >= 4 is 78.1 Å². The molecule has 7 aliphatic heterocycles. The van der Waals surface area contributed by atoms with Crippen molar-refractivity contribution < 1.29 is 132 Å². The van der Waals surface area contributed by atoms with Gasteiger partial charge in [-0.25, -0.2) is 4.79 Å². The van der Waals surface area contributed by atoms with Gasteiger partial charge in [0.25, 0.3) is 5.91 Å². The minimum atomic E-state index is -4.85. The molecule has 7 heterocycles. The molecule has 7 amide bonds. The number of hydrogen-bond acceptors (Lipinski definition) is 29. The largest absolute Gasteiger partial charge is 0.507 e. The van der Waals surface area contributed by atoms with Gasteiger partial charge in [-0.3, -0.25) is 43.4 Å². The number of aliphatic hydroxyl groups excluding tert-OH is 6. The molecule has 2 fully saturated rings. The number of amides is 7. The summed E-state index contributed by atoms with van der Waals surface area (Å²) in [6.07, 6.45) is -11.0. The van der Waals surface area contributed by atoms with E-state index in [1.807, 2.05) is 0 Å². The number of hydrogen-bond donors (Lipinski definition) is 24. The molecule has 2 saturated heterocycles. The molecule has 0 aromatic heterocycles. The molecule has 668 valence electrons. The van der Waals surface area contributed by atoms with E-state index in [0.717, 1.165) is 105 Å². The van der Waals surface area contributed by atoms with E-state index in [1.54, 1.807) is 27.7 Å². The quantitative estimate of drug-likeness (QED) is 0.0177. The molecule has 5 aromatic carbocycles. The Labute approximate surface area is 711 Å². The first-order valence-electron chi connectivity index (χ1n) is 39.9. The van der Waals surface area contributed by atoms with Crippen molar-refractivity contribution in [1.29, 1.82) is 0 Å². The normalized spacial score (nSPS) is 26.9. The predicted molar refractivity (Wildman–Crippen MR) is 435 cm³/mol. The smallest absolute Gasteiger partial charge is 0.339 e. The van der Waals surface area contributed by atoms with E-state index in [2.05, 4.69) is 60.1 Å². The van der Waals surface area contributed by atoms with Crippen molar-refractivity contribution in [2.45, 2.75) is 221 Å². The third-order valence-electron chi connectivity index (χ3n) is 21.9. The number of halogens is 2. The topological polar surface area (TPSA) is 624 Å². The molecule has 39 nitrogen and oxygen atoms in total. The highest BCUT2D eigenvalue weighted by molar-refractivity contribution is 7.51. The fourth-order valence-electron chi connectivity index (χ4n) is 15.3. The van der Waals surface area contributed by atoms with Gasteiger partial charge in [0.2, 0.25) is 47.5 Å². The number of carboxylic acids is 1. The summed E-state index contributed by atoms with van der Waals surface area (Å²) in [5.41, 5.74) is 5.08. The summed E-state index contributed by atoms with van der Waals surface area (Å²) in [7, 11) is -3.50. The number of unbranched alkanes of at least 4 members (excludes halogenated alkanes) is 7. The predicted octanol–water partition coefficient (Wildman–Crippen LogP) is 1.98. The summed E-state index contributed by atoms with van der Waals surface area (Å²) >= 11 is 14.3. The molecule has 122 heavy (non-hydrogen) atoms. The van der Waals surface area contributed by atoms with E-state index in [9.17, 15) is 79.8 Å². The Balaban J connectivity index is 1.17. The number of carbonyl (C=O) groups excluding carboxylic acids is 7. The lowest BCUT2D eigenvalue weighted by Crippen LogP contribution is -2.66. The van der Waals surface area contributed by atoms with Crippen molar-refractivity contribution in [3.63, 3.8) is 0 Å². The van der Waals surface area contributed by atoms with E-state index in [1.165, 1.54) is 32.4 Å². The van der Waals surface area contributed by atoms with Crippen LogP contribution >= 0.6 is 30.8 Å². The zero-order valence-corrected chi connectivity index (χ0v) is 70.0. The average molecular weight is 1770 g/mol. The van der Waals surface area contributed by atoms with Gasteiger partial charge in [0.05, 0.1) is 47.1 Å². The minimum absolute atomic E-state index is 0.0694. The van der Waals surface area contributed by atoms with Crippen LogP contribution in [0.1, 0.15) is 169 Å². The SMILES string of the molecule is CCCCCCCCCCNCCN[C@@]1(C)C[C@H](O[C@H]2[C@H](Oc3c4cc5cc3Oc3ccc(cc3Cl)[C@@H](O)[C@@H]3NC(=O)[C@H](NC(=O)[C@@H]5NC(=O)[C@H](CC(N)=O)NC(=O)C(NC(=O)[C@@](N)(CC(C)C)NC)[C@H](O)c5ccc(c(Cl)c5)O4)c4ccc(O)c(c4)-c4c(cc(O)c(CNCP(=O)(O)O)c4O)[C@@H](C(=O)O)NC3=O)O[C@H](CO)[C@@H](O)[C@@H]2O)O[C@@H](C)[C@H]1O. The van der Waals surface area contributed by atoms with Crippen LogP contribution in [-0.2, 0) is 63.7 Å². The molecule has 5 aromatic rings. The standard InChI is InChI=1S/C80H107Cl2N12O27P/c1-7-8-9-10-11-12-13-14-21-86-22-23-88-79(5)32-56(116-37(4)70(79)104)120-69-67(103)66(102)54(34-95)119-77(69)121-68-52-27-41-28-53(68)118-51-20-17-40(26-46(51)82)64(100)62(94-78(112)80(84,85-6)31-36(2)3)74(108)89-47(30-55(83)98)71(105)90-59(41)73(107)91-58-38-15-18-48(96)42(24-38)57-43(29-49(97)44(65(57)101)33-87-35-122(113,114)115)60(76(110)111)92-75(109)61(93-72(58)106)63(99)39-16-19-50(117-52)45(81)25-39/h15-20,24-29,36-37,47,54,56,58-64,66-67,69-70,77,85-88,95-97,99-104H,7-14,21-23,30-35,84H2,1-6H3,(H2,83,98)(H,89,108)(H,90,105)(H,91,107)(H,92,109)(H,93,106)(H,94,112)(H,110,111)(H2,113,114,115)/t37-,47-,54+,56-,58+,59+,60-,61-,62?,63+,64+,66+,67-,69+,70+,77-,79-,80+/m0/s1. The fraction of sp³-hybridized carbons (Fsp3) is 0.525. The van der Waals surface area contributed by atoms with Crippen LogP contribution in [0.15, 0.2) is 72.8 Å². The molecule has 0 saturated carbocycles. The first-order chi connectivity index (χ1) is 57.7. The van der Waals surface area contributed by atoms with Gasteiger partial charge in [-0.15, -0.1) is 0 Å². The van der Waals surface area contributed by atoms with Crippen molar-refractivity contribution in [2.24, 2.45) is 17.4 Å². The first kappa shape index (κ1) is 95.1. The number of likely N-dealkylation sites (N-methyl/N-ethyl adjacent to an activating group) is 1. The number of primary amides is 1. The van der Waals surface area contributed by atoms with Gasteiger partial charge >= 0.3 is 13.6 Å². The van der Waals surface area contributed by atoms with E-state index in [4.69, 9.17) is 63.1 Å². The highest BCUT2D eigenvalue weighted by Crippen LogP contribution is 2.51. The lowest BCUT2D eigenvalue weighted by Gasteiger charge is -2.48. The molecule has 0 aliphatic carbocycles. The van der Waals surface area contributed by atoms with Gasteiger partial charge in [-0.1, -0.05) is 107 Å². The molecule has 18 atom stereocenters. The number of aliphatic hydroxyl groups is 6. The van der Waals surface area contributed by atoms with Gasteiger partial charge in [-0.2, -0.15) is 0 Å². The van der Waals surface area contributed by atoms with Crippen LogP contribution in [0.2, 0.25) is 10.0 Å². The van der Waals surface area contributed by atoms with Gasteiger partial charge in [0.1, 0.15) is 95.1 Å². The lowest BCUT2D eigenvalue weighted by molar-refractivity contribution is -0.334. The highest BCUT2D eigenvalue weighted by atomic mass is 35.5. The molecule has 1 unspecified atom stereocenters. The Morgan fingerprint density at radius 1 is 0.705 bits per heavy atom. The molecule has 0 radical (unpaired) electrons. The zero-order chi connectivity index (χ0) is 89.1. The van der Waals surface area contributed by atoms with Crippen LogP contribution in [0.4, 0.5) is 0 Å². The number of ether oxygens (including phenoxy) is 6. The van der Waals surface area contributed by atoms with Crippen LogP contribution in [-0.4, -0.2) is 226 Å². The maximum Gasteiger partial charge on any atom is 0.339 e. The van der Waals surface area contributed by atoms with E-state index >= 15 is 24.0 Å². The average Bonchev–Trinajstić information content (AvgIpc) is 0.760. The van der Waals surface area contributed by atoms with E-state index < -0.39 is 273 Å². The number of phenols is 3. The summed E-state index contributed by atoms with van der Waals surface area (Å²) in [5.74, 6) is -17.7. The third-order valence-corrected chi connectivity index (χ3v) is 23.1. The number of carbonyl (C=O) groups is 8. The molecule has 26 N–H and O–H groups in total. The van der Waals surface area contributed by atoms with Crippen LogP contribution in [0.3, 0.4) is 0 Å². The number of aliphatic carboxylic acids is 1. The maximum atomic E-state index is 16.4. The van der Waals surface area contributed by atoms with Crippen LogP contribution < -0.4 is 78.8 Å². The Kier molecular flexibility index (Phi) is 32.0. The fourth-order valence-corrected chi connectivity index (χ4v) is 16.2. The van der Waals surface area contributed by atoms with Gasteiger partial charge < -0.3 is 149 Å². The summed E-state index contributed by atoms with van der Waals surface area (Å²) in [6.45, 7) is 8.79. The van der Waals surface area contributed by atoms with Gasteiger partial charge in [-0.05, 0) is 123 Å². The highest BCUT2D eigenvalue weighted by Gasteiger charge is 2.53. The molecule has 11 bridgehead atoms. The van der Waals surface area contributed by atoms with Crippen molar-refractivity contribution in [2.75, 3.05) is 39.6 Å². The van der Waals surface area contributed by atoms with Crippen molar-refractivity contribution in [3.8, 4) is 57.1 Å². The zero-order valence-electron chi connectivity index (χ0n) is 67.6. The second kappa shape index (κ2) is 41.1. The Morgan fingerprint density at radius 2 is 1.31 bits per heavy atom. The molecular weight excluding hydrogens is 1660 g/mol. The molecule has 0 spiro atoms. The monoisotopic (exact) mass is 1770 g/mol. The van der Waals surface area contributed by atoms with Gasteiger partial charge in [0, 0.05) is 48.3 Å². The van der Waals surface area contributed by atoms with E-state index in [-0.39, 0.29) is 35.6 Å². The van der Waals surface area contributed by atoms with Crippen molar-refractivity contribution in [3.05, 3.63) is 116 Å². The van der Waals surface area contributed by atoms with Gasteiger partial charge in [0.15, 0.2) is 29.9 Å². The van der Waals surface area contributed by atoms with Crippen LogP contribution in [0.25, 0.3) is 11.1 Å². The number of benzene rings is 5. The number of carboxylic acid groups (broad SMARTS) is 1. The number of nitrogens with two attached hydrogens (primary N) is 2. The number of rotatable bonds is 30. The summed E-state index contributed by atoms with van der Waals surface area (Å²) in [5, 5.41) is 144. The molecule has 12 rings (SSSR count). The Bertz CT molecular complexity index is 4710. The van der Waals surface area contributed by atoms with Crippen molar-refractivity contribution in [1.82, 2.24) is 53.2 Å². The molecular formula is C80H107Cl2N12O27P. The lowest BCUT2D eigenvalue weighted by atomic mass is 9.85. The maximum absolute atomic E-state index is 16.4.